The quantitative estimate of drug-likeness (QED) is 0.726. The number of rotatable bonds is 3. The molecule has 0 amide bonds. The zero-order valence-corrected chi connectivity index (χ0v) is 11.3. The van der Waals surface area contributed by atoms with Crippen molar-refractivity contribution in [2.75, 3.05) is 32.7 Å². The van der Waals surface area contributed by atoms with Crippen molar-refractivity contribution in [2.24, 2.45) is 11.8 Å². The standard InChI is InChI=1S/C14H28N2/c1-4-15-7-9-16(10-8-15)14-6-5-13(11-14)12(2)3/h12-14H,4-11H2,1-3H3. The van der Waals surface area contributed by atoms with Crippen molar-refractivity contribution in [3.8, 4) is 0 Å². The minimum atomic E-state index is 0.891. The van der Waals surface area contributed by atoms with Crippen molar-refractivity contribution in [2.45, 2.75) is 46.1 Å². The minimum Gasteiger partial charge on any atom is -0.301 e. The van der Waals surface area contributed by atoms with Gasteiger partial charge in [0.2, 0.25) is 0 Å². The van der Waals surface area contributed by atoms with Crippen LogP contribution in [0.5, 0.6) is 0 Å². The van der Waals surface area contributed by atoms with E-state index in [4.69, 9.17) is 0 Å². The molecule has 0 aromatic heterocycles. The molecule has 0 aromatic rings. The maximum Gasteiger partial charge on any atom is 0.0113 e. The second-order valence-corrected chi connectivity index (χ2v) is 5.94. The van der Waals surface area contributed by atoms with Gasteiger partial charge in [0, 0.05) is 32.2 Å². The van der Waals surface area contributed by atoms with E-state index in [0.29, 0.717) is 0 Å². The van der Waals surface area contributed by atoms with E-state index < -0.39 is 0 Å². The summed E-state index contributed by atoms with van der Waals surface area (Å²) in [7, 11) is 0. The Bertz CT molecular complexity index is 207. The molecule has 16 heavy (non-hydrogen) atoms. The zero-order chi connectivity index (χ0) is 11.5. The Morgan fingerprint density at radius 1 is 1.06 bits per heavy atom. The molecule has 2 unspecified atom stereocenters. The summed E-state index contributed by atoms with van der Waals surface area (Å²) in [5.41, 5.74) is 0. The summed E-state index contributed by atoms with van der Waals surface area (Å²) in [5, 5.41) is 0. The monoisotopic (exact) mass is 224 g/mol. The van der Waals surface area contributed by atoms with Gasteiger partial charge >= 0.3 is 0 Å². The largest absolute Gasteiger partial charge is 0.301 e. The lowest BCUT2D eigenvalue weighted by atomic mass is 9.94. The van der Waals surface area contributed by atoms with E-state index in [1.54, 1.807) is 0 Å². The Morgan fingerprint density at radius 3 is 2.25 bits per heavy atom. The first-order valence-electron chi connectivity index (χ1n) is 7.17. The van der Waals surface area contributed by atoms with E-state index in [0.717, 1.165) is 17.9 Å². The van der Waals surface area contributed by atoms with Crippen LogP contribution in [0.25, 0.3) is 0 Å². The Hall–Kier alpha value is -0.0800. The lowest BCUT2D eigenvalue weighted by Gasteiger charge is -2.37. The lowest BCUT2D eigenvalue weighted by Crippen LogP contribution is -2.49. The van der Waals surface area contributed by atoms with Crippen LogP contribution in [0.1, 0.15) is 40.0 Å². The average Bonchev–Trinajstić information content (AvgIpc) is 2.78. The van der Waals surface area contributed by atoms with Crippen LogP contribution in [-0.2, 0) is 0 Å². The number of piperazine rings is 1. The van der Waals surface area contributed by atoms with Crippen LogP contribution in [0, 0.1) is 11.8 Å². The molecule has 0 aromatic carbocycles. The first-order chi connectivity index (χ1) is 7.70. The fourth-order valence-electron chi connectivity index (χ4n) is 3.37. The second-order valence-electron chi connectivity index (χ2n) is 5.94. The second kappa shape index (κ2) is 5.50. The van der Waals surface area contributed by atoms with Crippen molar-refractivity contribution < 1.29 is 0 Å². The van der Waals surface area contributed by atoms with Gasteiger partial charge in [0.1, 0.15) is 0 Å². The smallest absolute Gasteiger partial charge is 0.0113 e. The fourth-order valence-corrected chi connectivity index (χ4v) is 3.37. The maximum absolute atomic E-state index is 2.76. The highest BCUT2D eigenvalue weighted by Gasteiger charge is 2.31. The highest BCUT2D eigenvalue weighted by Crippen LogP contribution is 2.34. The van der Waals surface area contributed by atoms with Gasteiger partial charge in [-0.3, -0.25) is 4.90 Å². The van der Waals surface area contributed by atoms with E-state index in [9.17, 15) is 0 Å². The molecular formula is C14H28N2. The summed E-state index contributed by atoms with van der Waals surface area (Å²) in [5.74, 6) is 1.89. The molecular weight excluding hydrogens is 196 g/mol. The van der Waals surface area contributed by atoms with Crippen LogP contribution < -0.4 is 0 Å². The van der Waals surface area contributed by atoms with E-state index in [1.807, 2.05) is 0 Å². The third kappa shape index (κ3) is 2.78. The Labute approximate surface area is 101 Å². The van der Waals surface area contributed by atoms with Crippen LogP contribution >= 0.6 is 0 Å². The highest BCUT2D eigenvalue weighted by atomic mass is 15.3. The molecule has 2 atom stereocenters. The normalized spacial score (nSPS) is 33.8. The summed E-state index contributed by atoms with van der Waals surface area (Å²) >= 11 is 0. The molecule has 1 heterocycles. The van der Waals surface area contributed by atoms with E-state index in [-0.39, 0.29) is 0 Å². The summed E-state index contributed by atoms with van der Waals surface area (Å²) in [6.07, 6.45) is 4.38. The molecule has 0 N–H and O–H groups in total. The fraction of sp³-hybridized carbons (Fsp3) is 1.00. The van der Waals surface area contributed by atoms with Gasteiger partial charge < -0.3 is 4.90 Å². The molecule has 2 aliphatic rings. The first-order valence-corrected chi connectivity index (χ1v) is 7.17. The van der Waals surface area contributed by atoms with Crippen LogP contribution in [0.3, 0.4) is 0 Å². The number of nitrogens with zero attached hydrogens (tertiary/aromatic N) is 2. The van der Waals surface area contributed by atoms with E-state index in [1.165, 1.54) is 52.0 Å². The van der Waals surface area contributed by atoms with Crippen LogP contribution in [0.2, 0.25) is 0 Å². The van der Waals surface area contributed by atoms with Crippen molar-refractivity contribution in [1.29, 1.82) is 0 Å². The van der Waals surface area contributed by atoms with E-state index >= 15 is 0 Å². The minimum absolute atomic E-state index is 0.891. The molecule has 0 radical (unpaired) electrons. The van der Waals surface area contributed by atoms with Gasteiger partial charge in [-0.05, 0) is 37.6 Å². The third-order valence-electron chi connectivity index (χ3n) is 4.76. The van der Waals surface area contributed by atoms with Gasteiger partial charge in [-0.2, -0.15) is 0 Å². The van der Waals surface area contributed by atoms with Crippen LogP contribution in [-0.4, -0.2) is 48.6 Å². The number of hydrogen-bond donors (Lipinski definition) is 0. The molecule has 1 saturated heterocycles. The highest BCUT2D eigenvalue weighted by molar-refractivity contribution is 4.86. The van der Waals surface area contributed by atoms with Gasteiger partial charge in [0.25, 0.3) is 0 Å². The number of likely N-dealkylation sites (N-methyl/N-ethyl adjacent to an activating group) is 1. The molecule has 1 aliphatic carbocycles. The Morgan fingerprint density at radius 2 is 1.75 bits per heavy atom. The van der Waals surface area contributed by atoms with Gasteiger partial charge in [-0.1, -0.05) is 20.8 Å². The topological polar surface area (TPSA) is 6.48 Å². The summed E-state index contributed by atoms with van der Waals surface area (Å²) in [6.45, 7) is 13.5. The van der Waals surface area contributed by atoms with Crippen molar-refractivity contribution >= 4 is 0 Å². The molecule has 94 valence electrons. The maximum atomic E-state index is 2.76. The summed E-state index contributed by atoms with van der Waals surface area (Å²) in [6, 6.07) is 0.909. The van der Waals surface area contributed by atoms with Crippen molar-refractivity contribution in [3.63, 3.8) is 0 Å². The molecule has 2 heteroatoms. The molecule has 0 bridgehead atoms. The molecule has 0 spiro atoms. The van der Waals surface area contributed by atoms with Gasteiger partial charge in [-0.15, -0.1) is 0 Å². The van der Waals surface area contributed by atoms with Crippen LogP contribution in [0.4, 0.5) is 0 Å². The van der Waals surface area contributed by atoms with Crippen molar-refractivity contribution in [3.05, 3.63) is 0 Å². The van der Waals surface area contributed by atoms with Crippen molar-refractivity contribution in [1.82, 2.24) is 9.80 Å². The third-order valence-corrected chi connectivity index (χ3v) is 4.76. The molecule has 1 aliphatic heterocycles. The first kappa shape index (κ1) is 12.4. The SMILES string of the molecule is CCN1CCN(C2CCC(C(C)C)C2)CC1. The molecule has 2 rings (SSSR count). The van der Waals surface area contributed by atoms with Gasteiger partial charge in [0.05, 0.1) is 0 Å². The van der Waals surface area contributed by atoms with E-state index in [2.05, 4.69) is 30.6 Å². The van der Waals surface area contributed by atoms with Gasteiger partial charge in [0.15, 0.2) is 0 Å². The zero-order valence-electron chi connectivity index (χ0n) is 11.3. The Kier molecular flexibility index (Phi) is 4.26. The van der Waals surface area contributed by atoms with Gasteiger partial charge in [-0.25, -0.2) is 0 Å². The summed E-state index contributed by atoms with van der Waals surface area (Å²) in [4.78, 5) is 5.33. The summed E-state index contributed by atoms with van der Waals surface area (Å²) < 4.78 is 0. The molecule has 2 nitrogen and oxygen atoms in total. The predicted molar refractivity (Wildman–Crippen MR) is 69.7 cm³/mol. The lowest BCUT2D eigenvalue weighted by molar-refractivity contribution is 0.0985. The predicted octanol–water partition coefficient (Wildman–Crippen LogP) is 2.45. The Balaban J connectivity index is 1.78. The molecule has 2 fully saturated rings. The average molecular weight is 224 g/mol. The van der Waals surface area contributed by atoms with Crippen LogP contribution in [0.15, 0.2) is 0 Å². The number of hydrogen-bond acceptors (Lipinski definition) is 2. The molecule has 1 saturated carbocycles.